The number of hydrogen-bond acceptors (Lipinski definition) is 2. The van der Waals surface area contributed by atoms with Crippen molar-refractivity contribution in [2.24, 2.45) is 0 Å². The monoisotopic (exact) mass is 316 g/mol. The first-order valence-electron chi connectivity index (χ1n) is 6.14. The average molecular weight is 317 g/mol. The molecule has 0 bridgehead atoms. The van der Waals surface area contributed by atoms with Crippen LogP contribution in [0.3, 0.4) is 0 Å². The van der Waals surface area contributed by atoms with E-state index >= 15 is 0 Å². The zero-order valence-electron chi connectivity index (χ0n) is 10.2. The average Bonchev–Trinajstić information content (AvgIpc) is 2.83. The maximum absolute atomic E-state index is 12.1. The van der Waals surface area contributed by atoms with Gasteiger partial charge in [0.1, 0.15) is 0 Å². The lowest BCUT2D eigenvalue weighted by Crippen LogP contribution is -2.34. The first kappa shape index (κ1) is 12.4. The van der Waals surface area contributed by atoms with Gasteiger partial charge in [0.25, 0.3) is 0 Å². The van der Waals surface area contributed by atoms with Gasteiger partial charge in [-0.25, -0.2) is 10.4 Å². The molecule has 1 atom stereocenters. The Hall–Kier alpha value is -1.65. The second-order valence-electron chi connectivity index (χ2n) is 4.50. The van der Waals surface area contributed by atoms with Gasteiger partial charge in [0.05, 0.1) is 11.7 Å². The van der Waals surface area contributed by atoms with Gasteiger partial charge < -0.3 is 0 Å². The van der Waals surface area contributed by atoms with E-state index in [1.54, 1.807) is 5.01 Å². The molecule has 2 aromatic carbocycles. The number of hydrogen-bond donors (Lipinski definition) is 1. The topological polar surface area (TPSA) is 32.3 Å². The second-order valence-corrected chi connectivity index (χ2v) is 5.42. The number of nitrogens with zero attached hydrogens (tertiary/aromatic N) is 1. The maximum Gasteiger partial charge on any atom is 0.243 e. The van der Waals surface area contributed by atoms with Gasteiger partial charge in [-0.2, -0.15) is 0 Å². The predicted octanol–water partition coefficient (Wildman–Crippen LogP) is 3.43. The highest BCUT2D eigenvalue weighted by Gasteiger charge is 2.30. The molecule has 1 saturated heterocycles. The zero-order valence-corrected chi connectivity index (χ0v) is 11.8. The van der Waals surface area contributed by atoms with Crippen LogP contribution < -0.4 is 10.4 Å². The fourth-order valence-corrected chi connectivity index (χ4v) is 2.49. The zero-order chi connectivity index (χ0) is 13.2. The minimum Gasteiger partial charge on any atom is -0.273 e. The summed E-state index contributed by atoms with van der Waals surface area (Å²) in [6.45, 7) is 0. The Morgan fingerprint density at radius 3 is 2.42 bits per heavy atom. The smallest absolute Gasteiger partial charge is 0.243 e. The van der Waals surface area contributed by atoms with Crippen LogP contribution in [0.25, 0.3) is 0 Å². The van der Waals surface area contributed by atoms with E-state index in [-0.39, 0.29) is 11.9 Å². The molecule has 3 nitrogen and oxygen atoms in total. The fourth-order valence-electron chi connectivity index (χ4n) is 2.23. The minimum absolute atomic E-state index is 0.0531. The molecular weight excluding hydrogens is 304 g/mol. The van der Waals surface area contributed by atoms with Crippen molar-refractivity contribution >= 4 is 27.5 Å². The molecule has 1 N–H and O–H groups in total. The lowest BCUT2D eigenvalue weighted by Gasteiger charge is -2.18. The van der Waals surface area contributed by atoms with Crippen LogP contribution in [0, 0.1) is 0 Å². The van der Waals surface area contributed by atoms with Gasteiger partial charge in [0, 0.05) is 10.9 Å². The van der Waals surface area contributed by atoms with E-state index < -0.39 is 0 Å². The molecule has 1 heterocycles. The Morgan fingerprint density at radius 1 is 1.05 bits per heavy atom. The van der Waals surface area contributed by atoms with Gasteiger partial charge in [-0.15, -0.1) is 0 Å². The van der Waals surface area contributed by atoms with Gasteiger partial charge >= 0.3 is 0 Å². The summed E-state index contributed by atoms with van der Waals surface area (Å²) in [6.07, 6.45) is 0.486. The molecule has 0 spiro atoms. The molecule has 1 fully saturated rings. The van der Waals surface area contributed by atoms with Crippen molar-refractivity contribution < 1.29 is 4.79 Å². The van der Waals surface area contributed by atoms with Crippen LogP contribution in [0.4, 0.5) is 5.69 Å². The third-order valence-electron chi connectivity index (χ3n) is 3.20. The van der Waals surface area contributed by atoms with Gasteiger partial charge in [-0.05, 0) is 29.8 Å². The van der Waals surface area contributed by atoms with Gasteiger partial charge in [0.2, 0.25) is 5.91 Å². The standard InChI is InChI=1S/C15H13BrN2O/c16-12-6-8-13(9-7-12)18-15(19)10-14(17-18)11-4-2-1-3-5-11/h1-9,14,17H,10H2. The Labute approximate surface area is 120 Å². The summed E-state index contributed by atoms with van der Waals surface area (Å²) >= 11 is 3.39. The fraction of sp³-hybridized carbons (Fsp3) is 0.133. The normalized spacial score (nSPS) is 18.9. The summed E-state index contributed by atoms with van der Waals surface area (Å²) in [7, 11) is 0. The number of hydrazine groups is 1. The molecule has 1 amide bonds. The third kappa shape index (κ3) is 2.55. The minimum atomic E-state index is 0.0531. The molecule has 0 aliphatic carbocycles. The first-order valence-corrected chi connectivity index (χ1v) is 6.93. The molecule has 2 aromatic rings. The Balaban J connectivity index is 1.82. The van der Waals surface area contributed by atoms with E-state index in [2.05, 4.69) is 21.4 Å². The Bertz CT molecular complexity index is 583. The molecule has 4 heteroatoms. The van der Waals surface area contributed by atoms with Crippen molar-refractivity contribution in [3.8, 4) is 0 Å². The molecule has 19 heavy (non-hydrogen) atoms. The summed E-state index contributed by atoms with van der Waals surface area (Å²) in [4.78, 5) is 12.1. The van der Waals surface area contributed by atoms with E-state index in [1.165, 1.54) is 0 Å². The summed E-state index contributed by atoms with van der Waals surface area (Å²) in [5.74, 6) is 0.0937. The van der Waals surface area contributed by atoms with E-state index in [1.807, 2.05) is 54.6 Å². The quantitative estimate of drug-likeness (QED) is 0.920. The maximum atomic E-state index is 12.1. The van der Waals surface area contributed by atoms with Gasteiger partial charge in [-0.3, -0.25) is 4.79 Å². The molecule has 96 valence electrons. The van der Waals surface area contributed by atoms with Crippen molar-refractivity contribution in [3.05, 3.63) is 64.6 Å². The molecule has 0 radical (unpaired) electrons. The number of amides is 1. The highest BCUT2D eigenvalue weighted by Crippen LogP contribution is 2.28. The molecule has 3 rings (SSSR count). The molecule has 0 saturated carbocycles. The first-order chi connectivity index (χ1) is 9.24. The van der Waals surface area contributed by atoms with Crippen LogP contribution in [0.2, 0.25) is 0 Å². The number of nitrogens with one attached hydrogen (secondary N) is 1. The molecule has 0 aromatic heterocycles. The van der Waals surface area contributed by atoms with Gasteiger partial charge in [0.15, 0.2) is 0 Å². The summed E-state index contributed by atoms with van der Waals surface area (Å²) in [6, 6.07) is 17.8. The summed E-state index contributed by atoms with van der Waals surface area (Å²) in [5.41, 5.74) is 5.26. The molecular formula is C15H13BrN2O. The van der Waals surface area contributed by atoms with Crippen LogP contribution in [0.15, 0.2) is 59.1 Å². The third-order valence-corrected chi connectivity index (χ3v) is 3.73. The lowest BCUT2D eigenvalue weighted by molar-refractivity contribution is -0.117. The number of benzene rings is 2. The van der Waals surface area contributed by atoms with Crippen LogP contribution in [0.1, 0.15) is 18.0 Å². The SMILES string of the molecule is O=C1CC(c2ccccc2)NN1c1ccc(Br)cc1. The van der Waals surface area contributed by atoms with E-state index in [0.717, 1.165) is 15.7 Å². The van der Waals surface area contributed by atoms with Gasteiger partial charge in [-0.1, -0.05) is 46.3 Å². The van der Waals surface area contributed by atoms with Crippen LogP contribution >= 0.6 is 15.9 Å². The van der Waals surface area contributed by atoms with E-state index in [9.17, 15) is 4.79 Å². The Morgan fingerprint density at radius 2 is 1.74 bits per heavy atom. The van der Waals surface area contributed by atoms with Crippen molar-refractivity contribution in [2.75, 3.05) is 5.01 Å². The number of rotatable bonds is 2. The lowest BCUT2D eigenvalue weighted by atomic mass is 10.1. The molecule has 1 aliphatic rings. The number of carbonyl (C=O) groups is 1. The van der Waals surface area contributed by atoms with Crippen molar-refractivity contribution in [2.45, 2.75) is 12.5 Å². The number of anilines is 1. The van der Waals surface area contributed by atoms with E-state index in [0.29, 0.717) is 6.42 Å². The highest BCUT2D eigenvalue weighted by atomic mass is 79.9. The van der Waals surface area contributed by atoms with Crippen molar-refractivity contribution in [1.29, 1.82) is 0 Å². The Kier molecular flexibility index (Phi) is 3.36. The molecule has 1 unspecified atom stereocenters. The molecule has 1 aliphatic heterocycles. The number of carbonyl (C=O) groups excluding carboxylic acids is 1. The predicted molar refractivity (Wildman–Crippen MR) is 78.6 cm³/mol. The largest absolute Gasteiger partial charge is 0.273 e. The second kappa shape index (κ2) is 5.15. The van der Waals surface area contributed by atoms with E-state index in [4.69, 9.17) is 0 Å². The van der Waals surface area contributed by atoms with Crippen molar-refractivity contribution in [3.63, 3.8) is 0 Å². The number of halogens is 1. The van der Waals surface area contributed by atoms with Crippen LogP contribution in [-0.4, -0.2) is 5.91 Å². The highest BCUT2D eigenvalue weighted by molar-refractivity contribution is 9.10. The summed E-state index contributed by atoms with van der Waals surface area (Å²) < 4.78 is 1.00. The summed E-state index contributed by atoms with van der Waals surface area (Å²) in [5, 5.41) is 1.63. The van der Waals surface area contributed by atoms with Crippen molar-refractivity contribution in [1.82, 2.24) is 5.43 Å². The van der Waals surface area contributed by atoms with Crippen LogP contribution in [-0.2, 0) is 4.79 Å². The van der Waals surface area contributed by atoms with Crippen LogP contribution in [0.5, 0.6) is 0 Å².